The second-order valence-corrected chi connectivity index (χ2v) is 11.4. The van der Waals surface area contributed by atoms with E-state index >= 15 is 4.39 Å². The molecule has 7 heteroatoms. The first-order valence-corrected chi connectivity index (χ1v) is 12.9. The summed E-state index contributed by atoms with van der Waals surface area (Å²) in [5.74, 6) is 0.398. The van der Waals surface area contributed by atoms with Crippen LogP contribution in [0.25, 0.3) is 10.9 Å². The molecule has 0 unspecified atom stereocenters. The highest BCUT2D eigenvalue weighted by Crippen LogP contribution is 2.32. The maximum Gasteiger partial charge on any atom is 0.212 e. The van der Waals surface area contributed by atoms with Gasteiger partial charge in [0, 0.05) is 25.8 Å². The number of halogens is 1. The molecule has 0 N–H and O–H groups in total. The van der Waals surface area contributed by atoms with E-state index in [1.54, 1.807) is 29.7 Å². The topological polar surface area (TPSA) is 59.4 Å². The highest BCUT2D eigenvalue weighted by Gasteiger charge is 2.28. The maximum absolute atomic E-state index is 15.3. The third kappa shape index (κ3) is 4.19. The van der Waals surface area contributed by atoms with Gasteiger partial charge in [0.05, 0.1) is 21.5 Å². The summed E-state index contributed by atoms with van der Waals surface area (Å²) in [6, 6.07) is 7.94. The predicted octanol–water partition coefficient (Wildman–Crippen LogP) is 5.09. The van der Waals surface area contributed by atoms with E-state index in [0.717, 1.165) is 25.1 Å². The van der Waals surface area contributed by atoms with Crippen LogP contribution in [0.3, 0.4) is 0 Å². The second kappa shape index (κ2) is 8.60. The van der Waals surface area contributed by atoms with Gasteiger partial charge in [0.2, 0.25) is 15.3 Å². The van der Waals surface area contributed by atoms with Crippen molar-refractivity contribution in [2.75, 3.05) is 18.0 Å². The molecular weight excluding hydrogens is 439 g/mol. The lowest BCUT2D eigenvalue weighted by atomic mass is 9.91. The number of rotatable bonds is 4. The van der Waals surface area contributed by atoms with Crippen LogP contribution in [-0.4, -0.2) is 26.1 Å². The van der Waals surface area contributed by atoms with Crippen molar-refractivity contribution in [3.05, 3.63) is 63.7 Å². The van der Waals surface area contributed by atoms with Crippen molar-refractivity contribution >= 4 is 26.4 Å². The smallest absolute Gasteiger partial charge is 0.212 e. The Morgan fingerprint density at radius 1 is 1.03 bits per heavy atom. The van der Waals surface area contributed by atoms with E-state index < -0.39 is 21.1 Å². The fourth-order valence-corrected chi connectivity index (χ4v) is 6.73. The van der Waals surface area contributed by atoms with Crippen molar-refractivity contribution in [2.45, 2.75) is 57.4 Å². The second-order valence-electron chi connectivity index (χ2n) is 9.55. The summed E-state index contributed by atoms with van der Waals surface area (Å²) in [6.07, 6.45) is 2.51. The minimum absolute atomic E-state index is 0.0852. The molecule has 2 heterocycles. The quantitative estimate of drug-likeness (QED) is 0.533. The highest BCUT2D eigenvalue weighted by atomic mass is 32.2. The van der Waals surface area contributed by atoms with Crippen molar-refractivity contribution in [1.29, 1.82) is 0 Å². The van der Waals surface area contributed by atoms with Gasteiger partial charge < -0.3 is 9.47 Å². The van der Waals surface area contributed by atoms with E-state index in [1.807, 2.05) is 18.7 Å². The van der Waals surface area contributed by atoms with Crippen molar-refractivity contribution < 1.29 is 12.8 Å². The first-order chi connectivity index (χ1) is 15.5. The Morgan fingerprint density at radius 3 is 2.30 bits per heavy atom. The molecule has 1 aromatic heterocycles. The van der Waals surface area contributed by atoms with E-state index in [0.29, 0.717) is 35.1 Å². The van der Waals surface area contributed by atoms with Crippen molar-refractivity contribution in [3.63, 3.8) is 0 Å². The summed E-state index contributed by atoms with van der Waals surface area (Å²) >= 11 is 0. The third-order valence-corrected chi connectivity index (χ3v) is 8.48. The molecule has 0 bridgehead atoms. The fraction of sp³-hybridized carbons (Fsp3) is 0.423. The molecule has 33 heavy (non-hydrogen) atoms. The normalized spacial score (nSPS) is 19.3. The molecule has 5 nitrogen and oxygen atoms in total. The average Bonchev–Trinajstić information content (AvgIpc) is 2.72. The van der Waals surface area contributed by atoms with Gasteiger partial charge >= 0.3 is 0 Å². The number of anilines is 1. The molecule has 1 aliphatic rings. The Morgan fingerprint density at radius 2 is 1.70 bits per heavy atom. The van der Waals surface area contributed by atoms with Gasteiger partial charge in [-0.05, 0) is 62.8 Å². The molecule has 3 aromatic rings. The zero-order chi connectivity index (χ0) is 24.1. The Balaban J connectivity index is 1.92. The van der Waals surface area contributed by atoms with E-state index in [2.05, 4.69) is 13.8 Å². The maximum atomic E-state index is 15.3. The van der Waals surface area contributed by atoms with E-state index in [4.69, 9.17) is 0 Å². The Kier molecular flexibility index (Phi) is 6.12. The number of pyridine rings is 1. The molecule has 4 rings (SSSR count). The van der Waals surface area contributed by atoms with Gasteiger partial charge in [0.25, 0.3) is 0 Å². The lowest BCUT2D eigenvalue weighted by molar-refractivity contribution is 0.354. The number of benzene rings is 2. The van der Waals surface area contributed by atoms with Crippen LogP contribution in [0, 0.1) is 31.5 Å². The SMILES string of the molecule is CCn1cc(S(=O)(=O)c2ccc(C)cc2C)c(=O)c2cc(F)c(N3C[C@@H](C)C[C@H](C)C3)cc21. The standard InChI is InChI=1S/C26H31FN2O3S/c1-6-28-15-25(33(31,32)24-8-7-16(2)10-19(24)5)26(30)20-11-21(27)23(12-22(20)28)29-13-17(3)9-18(4)14-29/h7-8,10-12,15,17-18H,6,9,13-14H2,1-5H3/t17-,18-/m0/s1. The van der Waals surface area contributed by atoms with Crippen molar-refractivity contribution in [3.8, 4) is 0 Å². The van der Waals surface area contributed by atoms with E-state index in [1.165, 1.54) is 18.3 Å². The average molecular weight is 471 g/mol. The largest absolute Gasteiger partial charge is 0.369 e. The third-order valence-electron chi connectivity index (χ3n) is 6.58. The minimum atomic E-state index is -4.07. The van der Waals surface area contributed by atoms with Gasteiger partial charge in [-0.15, -0.1) is 0 Å². The molecule has 0 aliphatic carbocycles. The number of aromatic nitrogens is 1. The van der Waals surface area contributed by atoms with Crippen LogP contribution in [0.1, 0.15) is 38.3 Å². The van der Waals surface area contributed by atoms with Gasteiger partial charge in [-0.1, -0.05) is 31.5 Å². The van der Waals surface area contributed by atoms with Crippen LogP contribution in [0.4, 0.5) is 10.1 Å². The first-order valence-electron chi connectivity index (χ1n) is 11.5. The molecule has 2 atom stereocenters. The predicted molar refractivity (Wildman–Crippen MR) is 130 cm³/mol. The van der Waals surface area contributed by atoms with E-state index in [9.17, 15) is 13.2 Å². The molecule has 1 saturated heterocycles. The monoisotopic (exact) mass is 470 g/mol. The number of aryl methyl sites for hydroxylation is 3. The number of hydrogen-bond donors (Lipinski definition) is 0. The summed E-state index contributed by atoms with van der Waals surface area (Å²) in [5.41, 5.74) is 1.86. The molecule has 0 spiro atoms. The Labute approximate surface area is 194 Å². The Hall–Kier alpha value is -2.67. The number of piperidine rings is 1. The zero-order valence-electron chi connectivity index (χ0n) is 19.9. The number of hydrogen-bond acceptors (Lipinski definition) is 4. The van der Waals surface area contributed by atoms with Gasteiger partial charge in [-0.3, -0.25) is 4.79 Å². The summed E-state index contributed by atoms with van der Waals surface area (Å²) in [7, 11) is -4.07. The zero-order valence-corrected chi connectivity index (χ0v) is 20.7. The van der Waals surface area contributed by atoms with E-state index in [-0.39, 0.29) is 15.2 Å². The summed E-state index contributed by atoms with van der Waals surface area (Å²) in [5, 5.41) is 0.0852. The van der Waals surface area contributed by atoms with Gasteiger partial charge in [0.15, 0.2) is 0 Å². The lowest BCUT2D eigenvalue weighted by Gasteiger charge is -2.37. The van der Waals surface area contributed by atoms with Gasteiger partial charge in [-0.25, -0.2) is 12.8 Å². The van der Waals surface area contributed by atoms with Crippen LogP contribution < -0.4 is 10.3 Å². The lowest BCUT2D eigenvalue weighted by Crippen LogP contribution is -2.39. The summed E-state index contributed by atoms with van der Waals surface area (Å²) in [6.45, 7) is 11.8. The minimum Gasteiger partial charge on any atom is -0.369 e. The van der Waals surface area contributed by atoms with Gasteiger partial charge in [0.1, 0.15) is 10.7 Å². The summed E-state index contributed by atoms with van der Waals surface area (Å²) < 4.78 is 43.9. The molecular formula is C26H31FN2O3S. The number of nitrogens with zero attached hydrogens (tertiary/aromatic N) is 2. The molecule has 0 saturated carbocycles. The highest BCUT2D eigenvalue weighted by molar-refractivity contribution is 7.91. The molecule has 2 aromatic carbocycles. The van der Waals surface area contributed by atoms with Crippen LogP contribution >= 0.6 is 0 Å². The molecule has 1 fully saturated rings. The number of sulfone groups is 1. The molecule has 0 amide bonds. The van der Waals surface area contributed by atoms with Crippen LogP contribution in [0.5, 0.6) is 0 Å². The van der Waals surface area contributed by atoms with Gasteiger partial charge in [-0.2, -0.15) is 0 Å². The fourth-order valence-electron chi connectivity index (χ4n) is 5.15. The van der Waals surface area contributed by atoms with Crippen LogP contribution in [0.2, 0.25) is 0 Å². The Bertz CT molecular complexity index is 1380. The molecule has 0 radical (unpaired) electrons. The summed E-state index contributed by atoms with van der Waals surface area (Å²) in [4.78, 5) is 15.2. The molecule has 176 valence electrons. The van der Waals surface area contributed by atoms with Crippen LogP contribution in [0.15, 0.2) is 51.1 Å². The number of fused-ring (bicyclic) bond motifs is 1. The molecule has 1 aliphatic heterocycles. The van der Waals surface area contributed by atoms with Crippen molar-refractivity contribution in [1.82, 2.24) is 4.57 Å². The van der Waals surface area contributed by atoms with Crippen LogP contribution in [-0.2, 0) is 16.4 Å². The first kappa shape index (κ1) is 23.5. The van der Waals surface area contributed by atoms with Crippen molar-refractivity contribution in [2.24, 2.45) is 11.8 Å².